The normalized spacial score (nSPS) is 25.9. The first-order chi connectivity index (χ1) is 45.6. The lowest BCUT2D eigenvalue weighted by molar-refractivity contribution is -0.371. The standard InChI is InChI=1S/C69H70N6O18/c1-80-51-35-33-48(34-36-51)37-82-42-52-57(59(54(72-74-70)66(78)88-52)90-65(77)50-31-19-8-20-32-50)91-69-63(86-41-47-27-15-6-16-28-47)60(85-40-46-25-13-5-14-26-46)61(62(93-69)67(79)81-2)92-68-55(73-75-71)58(84-39-45-23-11-4-12-24-45)56(83-38-44-21-9-3-10-22-44)53(89-68)43-87-64(76)49-29-17-7-18-30-49/h3-36,52-63,66,68-69,78H,37-43H2,1-2H3/t52?,53?,54?,55?,56-,57-,58-,59-,60+,61+,62?,63?,66?,68+,69-/m1/s1. The van der Waals surface area contributed by atoms with Gasteiger partial charge in [-0.05, 0) is 75.3 Å². The molecule has 0 amide bonds. The number of azide groups is 2. The van der Waals surface area contributed by atoms with Crippen LogP contribution in [0.5, 0.6) is 5.75 Å². The maximum atomic E-state index is 14.9. The summed E-state index contributed by atoms with van der Waals surface area (Å²) >= 11 is 0. The lowest BCUT2D eigenvalue weighted by Crippen LogP contribution is -2.68. The van der Waals surface area contributed by atoms with Crippen molar-refractivity contribution < 1.29 is 85.8 Å². The number of aliphatic hydroxyl groups is 1. The van der Waals surface area contributed by atoms with Crippen molar-refractivity contribution in [2.45, 2.75) is 125 Å². The molecule has 15 atom stereocenters. The minimum absolute atomic E-state index is 0.00633. The Labute approximate surface area is 536 Å². The molecule has 0 radical (unpaired) electrons. The summed E-state index contributed by atoms with van der Waals surface area (Å²) in [5.41, 5.74) is 24.5. The van der Waals surface area contributed by atoms with E-state index in [2.05, 4.69) is 20.1 Å². The van der Waals surface area contributed by atoms with Gasteiger partial charge in [-0.1, -0.05) is 180 Å². The van der Waals surface area contributed by atoms with E-state index in [0.717, 1.165) is 23.8 Å². The summed E-state index contributed by atoms with van der Waals surface area (Å²) in [7, 11) is 2.67. The molecule has 3 fully saturated rings. The van der Waals surface area contributed by atoms with Gasteiger partial charge in [0.25, 0.3) is 0 Å². The Morgan fingerprint density at radius 3 is 1.42 bits per heavy atom. The van der Waals surface area contributed by atoms with Gasteiger partial charge in [0.2, 0.25) is 0 Å². The highest BCUT2D eigenvalue weighted by Crippen LogP contribution is 2.39. The van der Waals surface area contributed by atoms with Crippen LogP contribution in [0.25, 0.3) is 20.9 Å². The maximum Gasteiger partial charge on any atom is 0.338 e. The highest BCUT2D eigenvalue weighted by Gasteiger charge is 2.58. The van der Waals surface area contributed by atoms with E-state index in [0.29, 0.717) is 16.9 Å². The minimum Gasteiger partial charge on any atom is -0.497 e. The minimum atomic E-state index is -1.89. The predicted molar refractivity (Wildman–Crippen MR) is 331 cm³/mol. The van der Waals surface area contributed by atoms with Gasteiger partial charge < -0.3 is 71.4 Å². The summed E-state index contributed by atoms with van der Waals surface area (Å²) < 4.78 is 90.9. The Morgan fingerprint density at radius 1 is 0.452 bits per heavy atom. The fourth-order valence-electron chi connectivity index (χ4n) is 10.9. The van der Waals surface area contributed by atoms with Gasteiger partial charge in [0.15, 0.2) is 25.0 Å². The van der Waals surface area contributed by atoms with Gasteiger partial charge in [-0.2, -0.15) is 0 Å². The van der Waals surface area contributed by atoms with Crippen LogP contribution in [0, 0.1) is 0 Å². The summed E-state index contributed by atoms with van der Waals surface area (Å²) in [6.07, 6.45) is -20.1. The van der Waals surface area contributed by atoms with Crippen LogP contribution in [0.1, 0.15) is 48.5 Å². The molecular weight excluding hydrogens is 1200 g/mol. The van der Waals surface area contributed by atoms with Crippen molar-refractivity contribution in [3.05, 3.63) is 266 Å². The fraction of sp³-hybridized carbons (Fsp3) is 0.348. The lowest BCUT2D eigenvalue weighted by atomic mass is 9.94. The van der Waals surface area contributed by atoms with Crippen LogP contribution in [-0.4, -0.2) is 142 Å². The van der Waals surface area contributed by atoms with Crippen molar-refractivity contribution in [2.75, 3.05) is 27.4 Å². The third-order valence-electron chi connectivity index (χ3n) is 15.6. The van der Waals surface area contributed by atoms with Crippen molar-refractivity contribution in [2.24, 2.45) is 10.2 Å². The second kappa shape index (κ2) is 34.0. The molecule has 93 heavy (non-hydrogen) atoms. The smallest absolute Gasteiger partial charge is 0.338 e. The number of carbonyl (C=O) groups excluding carboxylic acids is 3. The van der Waals surface area contributed by atoms with Crippen molar-refractivity contribution in [3.8, 4) is 5.75 Å². The van der Waals surface area contributed by atoms with Crippen LogP contribution in [0.3, 0.4) is 0 Å². The zero-order chi connectivity index (χ0) is 64.7. The number of methoxy groups -OCH3 is 2. The molecule has 0 aromatic heterocycles. The van der Waals surface area contributed by atoms with Gasteiger partial charge in [-0.15, -0.1) is 0 Å². The SMILES string of the molecule is COC(=O)C1O[C@@H](O[C@@H]2C(COCc3ccc(OC)cc3)OC(O)C(N=[N+]=[N-])[C@H]2OC(=O)c2ccccc2)C(OCc2ccccc2)[C@@H](OCc2ccccc2)[C@@H]1O[C@@H]1OC(COC(=O)c2ccccc2)[C@@H](OCc2ccccc2)[C@H](OCc2ccccc2)C1N=[N+]=[N-]. The summed E-state index contributed by atoms with van der Waals surface area (Å²) in [5, 5.41) is 19.8. The first kappa shape index (κ1) is 66.8. The summed E-state index contributed by atoms with van der Waals surface area (Å²) in [6.45, 7) is -1.12. The van der Waals surface area contributed by atoms with Gasteiger partial charge >= 0.3 is 17.9 Å². The number of nitrogens with zero attached hydrogens (tertiary/aromatic N) is 6. The summed E-state index contributed by atoms with van der Waals surface area (Å²) in [6, 6.07) is 57.0. The topological polar surface area (TPSA) is 298 Å². The first-order valence-corrected chi connectivity index (χ1v) is 30.0. The van der Waals surface area contributed by atoms with E-state index in [9.17, 15) is 30.6 Å². The third-order valence-corrected chi connectivity index (χ3v) is 15.6. The Balaban J connectivity index is 1.07. The number of aliphatic hydroxyl groups excluding tert-OH is 1. The zero-order valence-corrected chi connectivity index (χ0v) is 50.8. The fourth-order valence-corrected chi connectivity index (χ4v) is 10.9. The van der Waals surface area contributed by atoms with Gasteiger partial charge in [-0.3, -0.25) is 0 Å². The quantitative estimate of drug-likeness (QED) is 0.0150. The van der Waals surface area contributed by atoms with Crippen LogP contribution >= 0.6 is 0 Å². The average molecular weight is 1270 g/mol. The molecule has 24 nitrogen and oxygen atoms in total. The predicted octanol–water partition coefficient (Wildman–Crippen LogP) is 10.1. The zero-order valence-electron chi connectivity index (χ0n) is 50.8. The molecule has 24 heteroatoms. The molecule has 0 aliphatic carbocycles. The van der Waals surface area contributed by atoms with E-state index in [1.165, 1.54) is 12.1 Å². The molecule has 0 spiro atoms. The third kappa shape index (κ3) is 18.0. The molecular formula is C69H70N6O18. The molecule has 7 aromatic carbocycles. The Kier molecular flexibility index (Phi) is 24.4. The van der Waals surface area contributed by atoms with Gasteiger partial charge in [0, 0.05) is 9.82 Å². The largest absolute Gasteiger partial charge is 0.497 e. The van der Waals surface area contributed by atoms with Crippen molar-refractivity contribution in [1.29, 1.82) is 0 Å². The molecule has 0 bridgehead atoms. The number of hydrogen-bond donors (Lipinski definition) is 1. The monoisotopic (exact) mass is 1270 g/mol. The van der Waals surface area contributed by atoms with E-state index in [4.69, 9.17) is 66.3 Å². The molecule has 3 saturated heterocycles. The van der Waals surface area contributed by atoms with E-state index in [-0.39, 0.29) is 50.8 Å². The number of ether oxygens (including phenoxy) is 14. The summed E-state index contributed by atoms with van der Waals surface area (Å²) in [5.74, 6) is -1.99. The van der Waals surface area contributed by atoms with Gasteiger partial charge in [-0.25, -0.2) is 14.4 Å². The molecule has 3 aliphatic rings. The van der Waals surface area contributed by atoms with Crippen LogP contribution in [0.4, 0.5) is 0 Å². The number of esters is 3. The number of hydrogen-bond acceptors (Lipinski definition) is 20. The van der Waals surface area contributed by atoms with E-state index < -0.39 is 117 Å². The Hall–Kier alpha value is -9.07. The Morgan fingerprint density at radius 2 is 0.903 bits per heavy atom. The van der Waals surface area contributed by atoms with E-state index >= 15 is 0 Å². The molecule has 1 N–H and O–H groups in total. The maximum absolute atomic E-state index is 14.9. The van der Waals surface area contributed by atoms with Crippen LogP contribution < -0.4 is 4.74 Å². The van der Waals surface area contributed by atoms with Crippen molar-refractivity contribution >= 4 is 17.9 Å². The second-order valence-corrected chi connectivity index (χ2v) is 21.8. The molecule has 7 unspecified atom stereocenters. The van der Waals surface area contributed by atoms with Crippen LogP contribution in [0.2, 0.25) is 0 Å². The molecule has 3 aliphatic heterocycles. The highest BCUT2D eigenvalue weighted by atomic mass is 16.8. The molecule has 7 aromatic rings. The molecule has 0 saturated carbocycles. The van der Waals surface area contributed by atoms with Crippen LogP contribution in [-0.2, 0) is 99.4 Å². The van der Waals surface area contributed by atoms with Gasteiger partial charge in [0.1, 0.15) is 79.4 Å². The molecule has 10 rings (SSSR count). The summed E-state index contributed by atoms with van der Waals surface area (Å²) in [4.78, 5) is 49.2. The second-order valence-electron chi connectivity index (χ2n) is 21.8. The molecule has 484 valence electrons. The number of rotatable bonds is 29. The lowest BCUT2D eigenvalue weighted by Gasteiger charge is -2.50. The van der Waals surface area contributed by atoms with Gasteiger partial charge in [0.05, 0.1) is 65.0 Å². The first-order valence-electron chi connectivity index (χ1n) is 30.0. The average Bonchev–Trinajstić information content (AvgIpc) is 0.846. The van der Waals surface area contributed by atoms with Crippen molar-refractivity contribution in [3.63, 3.8) is 0 Å². The van der Waals surface area contributed by atoms with E-state index in [1.807, 2.05) is 121 Å². The van der Waals surface area contributed by atoms with Crippen molar-refractivity contribution in [1.82, 2.24) is 0 Å². The van der Waals surface area contributed by atoms with Crippen LogP contribution in [0.15, 0.2) is 216 Å². The molecule has 3 heterocycles. The number of carbonyl (C=O) groups is 3. The Bertz CT molecular complexity index is 3550. The van der Waals surface area contributed by atoms with E-state index in [1.54, 1.807) is 79.9 Å². The number of benzene rings is 7. The highest BCUT2D eigenvalue weighted by molar-refractivity contribution is 5.90.